The summed E-state index contributed by atoms with van der Waals surface area (Å²) in [5, 5.41) is 16.1. The van der Waals surface area contributed by atoms with Gasteiger partial charge in [-0.2, -0.15) is 10.2 Å². The number of anilines is 2. The van der Waals surface area contributed by atoms with Crippen LogP contribution in [0.3, 0.4) is 0 Å². The molecule has 302 valence electrons. The molecule has 0 unspecified atom stereocenters. The zero-order valence-corrected chi connectivity index (χ0v) is 44.7. The van der Waals surface area contributed by atoms with Crippen LogP contribution < -0.4 is 130 Å². The van der Waals surface area contributed by atoms with Gasteiger partial charge in [-0.3, -0.25) is 9.59 Å². The molecule has 20 nitrogen and oxygen atoms in total. The van der Waals surface area contributed by atoms with Gasteiger partial charge in [0.15, 0.2) is 0 Å². The Morgan fingerprint density at radius 2 is 0.790 bits per heavy atom. The van der Waals surface area contributed by atoms with E-state index in [4.69, 9.17) is 11.5 Å². The fraction of sp³-hybridized carbons (Fsp3) is 0.118. The molecule has 28 heteroatoms. The standard InChI is InChI=1S/C34H28N6O14S4.4Na/c1-15-11-17(3-7-21(15)37-39-23-9-5-19-25(55(43,44)45)13-27(57(49,50)51)31(35)29(19)33(23)41)18-4-8-22(16(2)12-18)38-40-24-10-6-20-26(56(46,47)48)14-28(58(52,53)54)32(36)30(20)34(24)42;;;;/h3-4,7-14H,5-6,35-36H2,1-2H3,(H,43,44,45)(H,46,47,48)(H,49,50,51)(H,52,53,54);;;;/q;4*+1/p-4. The van der Waals surface area contributed by atoms with Crippen molar-refractivity contribution in [2.75, 3.05) is 11.5 Å². The van der Waals surface area contributed by atoms with Crippen molar-refractivity contribution in [1.29, 1.82) is 0 Å². The molecule has 0 aromatic heterocycles. The van der Waals surface area contributed by atoms with E-state index in [1.807, 2.05) is 0 Å². The maximum absolute atomic E-state index is 13.3. The molecule has 6 rings (SSSR count). The number of carbonyl (C=O) groups excluding carboxylic acids is 2. The Morgan fingerprint density at radius 1 is 0.484 bits per heavy atom. The zero-order valence-electron chi connectivity index (χ0n) is 33.5. The number of nitrogens with two attached hydrogens (primary N) is 2. The van der Waals surface area contributed by atoms with Gasteiger partial charge in [0.2, 0.25) is 11.6 Å². The maximum Gasteiger partial charge on any atom is 1.00 e. The van der Waals surface area contributed by atoms with Gasteiger partial charge in [0, 0.05) is 0 Å². The van der Waals surface area contributed by atoms with Gasteiger partial charge >= 0.3 is 118 Å². The first-order valence-electron chi connectivity index (χ1n) is 16.1. The van der Waals surface area contributed by atoms with Crippen LogP contribution in [0.25, 0.3) is 11.1 Å². The molecule has 0 spiro atoms. The van der Waals surface area contributed by atoms with Gasteiger partial charge in [-0.25, -0.2) is 33.7 Å². The molecular formula is C34H24N6Na4O14S4. The second kappa shape index (κ2) is 20.8. The summed E-state index contributed by atoms with van der Waals surface area (Å²) in [6.07, 6.45) is 1.60. The molecule has 0 saturated heterocycles. The van der Waals surface area contributed by atoms with E-state index in [-0.39, 0.29) is 165 Å². The molecule has 0 amide bonds. The second-order valence-electron chi connectivity index (χ2n) is 12.7. The Kier molecular flexibility index (Phi) is 18.8. The predicted octanol–water partition coefficient (Wildman–Crippen LogP) is -8.42. The number of nitrogen functional groups attached to an aromatic ring is 2. The van der Waals surface area contributed by atoms with E-state index in [0.717, 1.165) is 0 Å². The maximum atomic E-state index is 13.3. The van der Waals surface area contributed by atoms with E-state index in [1.54, 1.807) is 50.2 Å². The van der Waals surface area contributed by atoms with Crippen LogP contribution in [0.4, 0.5) is 22.7 Å². The molecule has 0 heterocycles. The number of ketones is 2. The quantitative estimate of drug-likeness (QED) is 0.0681. The average Bonchev–Trinajstić information content (AvgIpc) is 3.09. The van der Waals surface area contributed by atoms with Crippen LogP contribution >= 0.6 is 0 Å². The molecule has 0 fully saturated rings. The van der Waals surface area contributed by atoms with Crippen LogP contribution in [0.5, 0.6) is 0 Å². The SMILES string of the molecule is Cc1cc(-c2ccc(N=NC3=CCc4c(S(=O)(=O)[O-])cc(S(=O)(=O)[O-])c(N)c4C3=O)c(C)c2)ccc1N=NC1=CCc2c(S(=O)(=O)[O-])cc(S(=O)(=O)[O-])c(N)c2C1=O.[Na+].[Na+].[Na+].[Na+]. The third kappa shape index (κ3) is 11.6. The number of azo groups is 2. The third-order valence-electron chi connectivity index (χ3n) is 9.05. The van der Waals surface area contributed by atoms with Crippen LogP contribution in [0, 0.1) is 13.8 Å². The van der Waals surface area contributed by atoms with E-state index < -0.39 is 94.1 Å². The molecule has 2 aliphatic carbocycles. The minimum Gasteiger partial charge on any atom is -0.744 e. The molecule has 0 atom stereocenters. The van der Waals surface area contributed by atoms with Gasteiger partial charge in [-0.05, 0) is 109 Å². The Hall–Kier alpha value is -1.86. The Bertz CT molecular complexity index is 2950. The number of aryl methyl sites for hydroxylation is 2. The minimum absolute atomic E-state index is 0. The fourth-order valence-corrected chi connectivity index (χ4v) is 9.21. The minimum atomic E-state index is -5.39. The number of hydrogen-bond donors (Lipinski definition) is 2. The first-order chi connectivity index (χ1) is 26.8. The van der Waals surface area contributed by atoms with Gasteiger partial charge in [0.25, 0.3) is 0 Å². The molecule has 4 aromatic rings. The summed E-state index contributed by atoms with van der Waals surface area (Å²) in [5.41, 5.74) is 10.2. The monoisotopic (exact) mass is 960 g/mol. The van der Waals surface area contributed by atoms with Gasteiger partial charge in [0.1, 0.15) is 51.9 Å². The number of nitrogens with zero attached hydrogens (tertiary/aromatic N) is 4. The number of hydrogen-bond acceptors (Lipinski definition) is 20. The second-order valence-corrected chi connectivity index (χ2v) is 18.1. The number of benzene rings is 4. The van der Waals surface area contributed by atoms with Crippen LogP contribution in [-0.4, -0.2) is 63.4 Å². The molecular weight excluding hydrogens is 937 g/mol. The molecule has 0 aliphatic heterocycles. The van der Waals surface area contributed by atoms with Crippen molar-refractivity contribution < 1.29 is 180 Å². The average molecular weight is 961 g/mol. The van der Waals surface area contributed by atoms with E-state index >= 15 is 0 Å². The van der Waals surface area contributed by atoms with Gasteiger partial charge < -0.3 is 29.7 Å². The third-order valence-corrected chi connectivity index (χ3v) is 12.6. The summed E-state index contributed by atoms with van der Waals surface area (Å²) >= 11 is 0. The van der Waals surface area contributed by atoms with Crippen LogP contribution in [0.2, 0.25) is 0 Å². The molecule has 4 N–H and O–H groups in total. The zero-order chi connectivity index (χ0) is 42.9. The van der Waals surface area contributed by atoms with E-state index in [2.05, 4.69) is 20.5 Å². The van der Waals surface area contributed by atoms with E-state index in [1.165, 1.54) is 12.2 Å². The Balaban J connectivity index is 0.00000331. The summed E-state index contributed by atoms with van der Waals surface area (Å²) in [6.45, 7) is 3.36. The van der Waals surface area contributed by atoms with Crippen molar-refractivity contribution >= 4 is 74.8 Å². The molecule has 0 radical (unpaired) electrons. The van der Waals surface area contributed by atoms with Crippen molar-refractivity contribution in [2.45, 2.75) is 46.3 Å². The van der Waals surface area contributed by atoms with Gasteiger partial charge in [-0.15, -0.1) is 10.2 Å². The molecule has 2 aliphatic rings. The van der Waals surface area contributed by atoms with E-state index in [9.17, 15) is 61.5 Å². The fourth-order valence-electron chi connectivity index (χ4n) is 6.29. The van der Waals surface area contributed by atoms with Crippen molar-refractivity contribution in [3.8, 4) is 11.1 Å². The van der Waals surface area contributed by atoms with Crippen molar-refractivity contribution in [1.82, 2.24) is 0 Å². The first kappa shape index (κ1) is 56.3. The van der Waals surface area contributed by atoms with Crippen molar-refractivity contribution in [2.24, 2.45) is 20.5 Å². The summed E-state index contributed by atoms with van der Waals surface area (Å²) in [4.78, 5) is 22.0. The molecule has 4 aromatic carbocycles. The largest absolute Gasteiger partial charge is 1.00 e. The van der Waals surface area contributed by atoms with Gasteiger partial charge in [-0.1, -0.05) is 12.1 Å². The molecule has 0 bridgehead atoms. The van der Waals surface area contributed by atoms with Crippen LogP contribution in [0.1, 0.15) is 43.0 Å². The summed E-state index contributed by atoms with van der Waals surface area (Å²) in [6, 6.07) is 10.6. The first-order valence-corrected chi connectivity index (χ1v) is 21.7. The molecule has 62 heavy (non-hydrogen) atoms. The smallest absolute Gasteiger partial charge is 0.744 e. The summed E-state index contributed by atoms with van der Waals surface area (Å²) in [7, 11) is -21.4. The van der Waals surface area contributed by atoms with Crippen LogP contribution in [-0.2, 0) is 53.3 Å². The topological polar surface area (TPSA) is 364 Å². The Morgan fingerprint density at radius 3 is 1.06 bits per heavy atom. The van der Waals surface area contributed by atoms with Crippen molar-refractivity contribution in [3.63, 3.8) is 0 Å². The normalized spacial score (nSPS) is 14.1. The number of allylic oxidation sites excluding steroid dienone is 4. The predicted molar refractivity (Wildman–Crippen MR) is 196 cm³/mol. The number of Topliss-reactive ketones (excluding diaryl/α,β-unsaturated/α-hetero) is 2. The number of fused-ring (bicyclic) bond motifs is 2. The van der Waals surface area contributed by atoms with E-state index in [0.29, 0.717) is 34.4 Å². The van der Waals surface area contributed by atoms with Crippen molar-refractivity contribution in [3.05, 3.63) is 105 Å². The van der Waals surface area contributed by atoms with Gasteiger partial charge in [0.05, 0.1) is 53.5 Å². The number of rotatable bonds is 9. The molecule has 0 saturated carbocycles. The van der Waals surface area contributed by atoms with Crippen LogP contribution in [0.15, 0.2) is 112 Å². The Labute approximate surface area is 443 Å². The summed E-state index contributed by atoms with van der Waals surface area (Å²) < 4.78 is 142. The number of carbonyl (C=O) groups is 2. The summed E-state index contributed by atoms with van der Waals surface area (Å²) in [5.74, 6) is -2.13.